The summed E-state index contributed by atoms with van der Waals surface area (Å²) >= 11 is 8.27. The maximum absolute atomic E-state index is 12.5. The highest BCUT2D eigenvalue weighted by Gasteiger charge is 2.22. The SMILES string of the molecule is CN(C)CCN1CCN(C(=O)c2ccc(I)c(Cl)c2)CC1. The quantitative estimate of drug-likeness (QED) is 0.698. The fourth-order valence-electron chi connectivity index (χ4n) is 2.33. The van der Waals surface area contributed by atoms with Crippen LogP contribution >= 0.6 is 34.2 Å². The molecule has 1 saturated heterocycles. The van der Waals surface area contributed by atoms with Gasteiger partial charge in [0, 0.05) is 48.4 Å². The van der Waals surface area contributed by atoms with Crippen LogP contribution in [0.2, 0.25) is 5.02 Å². The molecular formula is C15H21ClIN3O. The molecule has 1 aromatic rings. The lowest BCUT2D eigenvalue weighted by Crippen LogP contribution is -2.49. The number of amides is 1. The third-order valence-electron chi connectivity index (χ3n) is 3.69. The third-order valence-corrected chi connectivity index (χ3v) is 5.26. The van der Waals surface area contributed by atoms with Gasteiger partial charge >= 0.3 is 0 Å². The molecule has 0 aromatic heterocycles. The van der Waals surface area contributed by atoms with Gasteiger partial charge < -0.3 is 9.80 Å². The predicted molar refractivity (Wildman–Crippen MR) is 95.1 cm³/mol. The molecule has 6 heteroatoms. The van der Waals surface area contributed by atoms with Crippen LogP contribution in [0.5, 0.6) is 0 Å². The smallest absolute Gasteiger partial charge is 0.253 e. The number of carbonyl (C=O) groups is 1. The lowest BCUT2D eigenvalue weighted by Gasteiger charge is -2.35. The molecule has 21 heavy (non-hydrogen) atoms. The highest BCUT2D eigenvalue weighted by atomic mass is 127. The molecular weight excluding hydrogens is 401 g/mol. The number of nitrogens with zero attached hydrogens (tertiary/aromatic N) is 3. The summed E-state index contributed by atoms with van der Waals surface area (Å²) in [6.45, 7) is 5.58. The number of hydrogen-bond acceptors (Lipinski definition) is 3. The zero-order valence-electron chi connectivity index (χ0n) is 12.5. The van der Waals surface area contributed by atoms with Crippen molar-refractivity contribution in [3.8, 4) is 0 Å². The van der Waals surface area contributed by atoms with Gasteiger partial charge in [0.15, 0.2) is 0 Å². The average molecular weight is 422 g/mol. The number of likely N-dealkylation sites (N-methyl/N-ethyl adjacent to an activating group) is 1. The van der Waals surface area contributed by atoms with Gasteiger partial charge in [0.05, 0.1) is 5.02 Å². The van der Waals surface area contributed by atoms with E-state index in [1.54, 1.807) is 6.07 Å². The highest BCUT2D eigenvalue weighted by Crippen LogP contribution is 2.20. The van der Waals surface area contributed by atoms with E-state index in [1.165, 1.54) is 0 Å². The second kappa shape index (κ2) is 7.76. The molecule has 1 amide bonds. The van der Waals surface area contributed by atoms with Gasteiger partial charge in [0.1, 0.15) is 0 Å². The van der Waals surface area contributed by atoms with Gasteiger partial charge in [-0.1, -0.05) is 11.6 Å². The van der Waals surface area contributed by atoms with E-state index in [1.807, 2.05) is 17.0 Å². The molecule has 0 spiro atoms. The summed E-state index contributed by atoms with van der Waals surface area (Å²) in [6, 6.07) is 5.52. The molecule has 0 bridgehead atoms. The molecule has 1 aliphatic rings. The van der Waals surface area contributed by atoms with E-state index in [-0.39, 0.29) is 5.91 Å². The Kier molecular flexibility index (Phi) is 6.28. The van der Waals surface area contributed by atoms with Crippen LogP contribution in [-0.2, 0) is 0 Å². The van der Waals surface area contributed by atoms with Crippen LogP contribution in [0.4, 0.5) is 0 Å². The Balaban J connectivity index is 1.89. The number of rotatable bonds is 4. The van der Waals surface area contributed by atoms with Crippen LogP contribution in [-0.4, -0.2) is 74.0 Å². The maximum Gasteiger partial charge on any atom is 0.253 e. The van der Waals surface area contributed by atoms with Crippen molar-refractivity contribution in [3.63, 3.8) is 0 Å². The summed E-state index contributed by atoms with van der Waals surface area (Å²) in [5, 5.41) is 0.645. The Morgan fingerprint density at radius 3 is 2.52 bits per heavy atom. The number of halogens is 2. The lowest BCUT2D eigenvalue weighted by molar-refractivity contribution is 0.0629. The number of carbonyl (C=O) groups excluding carboxylic acids is 1. The molecule has 0 unspecified atom stereocenters. The van der Waals surface area contributed by atoms with E-state index in [0.29, 0.717) is 10.6 Å². The van der Waals surface area contributed by atoms with Gasteiger partial charge in [-0.3, -0.25) is 9.69 Å². The second-order valence-electron chi connectivity index (χ2n) is 5.57. The van der Waals surface area contributed by atoms with Crippen molar-refractivity contribution in [2.24, 2.45) is 0 Å². The maximum atomic E-state index is 12.5. The minimum atomic E-state index is 0.0839. The normalized spacial score (nSPS) is 16.5. The topological polar surface area (TPSA) is 26.8 Å². The monoisotopic (exact) mass is 421 g/mol. The van der Waals surface area contributed by atoms with E-state index in [9.17, 15) is 4.79 Å². The molecule has 2 rings (SSSR count). The Morgan fingerprint density at radius 2 is 1.95 bits per heavy atom. The molecule has 1 aromatic carbocycles. The summed E-state index contributed by atoms with van der Waals surface area (Å²) in [6.07, 6.45) is 0. The molecule has 4 nitrogen and oxygen atoms in total. The molecule has 0 N–H and O–H groups in total. The van der Waals surface area contributed by atoms with Crippen LogP contribution in [0, 0.1) is 3.57 Å². The molecule has 0 aliphatic carbocycles. The zero-order chi connectivity index (χ0) is 15.4. The molecule has 1 fully saturated rings. The van der Waals surface area contributed by atoms with E-state index < -0.39 is 0 Å². The van der Waals surface area contributed by atoms with Crippen molar-refractivity contribution in [2.45, 2.75) is 0 Å². The summed E-state index contributed by atoms with van der Waals surface area (Å²) in [5.74, 6) is 0.0839. The Bertz CT molecular complexity index is 502. The molecule has 116 valence electrons. The predicted octanol–water partition coefficient (Wildman–Crippen LogP) is 2.26. The molecule has 1 aliphatic heterocycles. The van der Waals surface area contributed by atoms with Gasteiger partial charge in [0.2, 0.25) is 0 Å². The summed E-state index contributed by atoms with van der Waals surface area (Å²) < 4.78 is 0.972. The van der Waals surface area contributed by atoms with Crippen molar-refractivity contribution in [2.75, 3.05) is 53.4 Å². The second-order valence-corrected chi connectivity index (χ2v) is 7.14. The van der Waals surface area contributed by atoms with Crippen molar-refractivity contribution < 1.29 is 4.79 Å². The van der Waals surface area contributed by atoms with E-state index in [2.05, 4.69) is 46.5 Å². The van der Waals surface area contributed by atoms with E-state index in [4.69, 9.17) is 11.6 Å². The number of piperazine rings is 1. The third kappa shape index (κ3) is 4.81. The van der Waals surface area contributed by atoms with Gasteiger partial charge in [-0.05, 0) is 54.9 Å². The van der Waals surface area contributed by atoms with Crippen molar-refractivity contribution >= 4 is 40.1 Å². The Morgan fingerprint density at radius 1 is 1.29 bits per heavy atom. The van der Waals surface area contributed by atoms with E-state index in [0.717, 1.165) is 42.8 Å². The minimum Gasteiger partial charge on any atom is -0.336 e. The van der Waals surface area contributed by atoms with Crippen LogP contribution in [0.3, 0.4) is 0 Å². The standard InChI is InChI=1S/C15H21ClIN3O/c1-18(2)5-6-19-7-9-20(10-8-19)15(21)12-3-4-14(17)13(16)11-12/h3-4,11H,5-10H2,1-2H3. The molecule has 0 atom stereocenters. The fourth-order valence-corrected chi connectivity index (χ4v) is 2.84. The van der Waals surface area contributed by atoms with Crippen molar-refractivity contribution in [1.29, 1.82) is 0 Å². The van der Waals surface area contributed by atoms with E-state index >= 15 is 0 Å². The van der Waals surface area contributed by atoms with Crippen LogP contribution in [0.25, 0.3) is 0 Å². The number of benzene rings is 1. The average Bonchev–Trinajstić information content (AvgIpc) is 2.48. The van der Waals surface area contributed by atoms with Crippen LogP contribution < -0.4 is 0 Å². The molecule has 0 saturated carbocycles. The van der Waals surface area contributed by atoms with Crippen molar-refractivity contribution in [1.82, 2.24) is 14.7 Å². The highest BCUT2D eigenvalue weighted by molar-refractivity contribution is 14.1. The first-order valence-corrected chi connectivity index (χ1v) is 8.54. The summed E-state index contributed by atoms with van der Waals surface area (Å²) in [5.41, 5.74) is 0.683. The van der Waals surface area contributed by atoms with Crippen LogP contribution in [0.1, 0.15) is 10.4 Å². The lowest BCUT2D eigenvalue weighted by atomic mass is 10.2. The zero-order valence-corrected chi connectivity index (χ0v) is 15.4. The van der Waals surface area contributed by atoms with Gasteiger partial charge in [0.25, 0.3) is 5.91 Å². The Labute approximate surface area is 145 Å². The van der Waals surface area contributed by atoms with Gasteiger partial charge in [-0.15, -0.1) is 0 Å². The first-order chi connectivity index (χ1) is 9.97. The molecule has 0 radical (unpaired) electrons. The van der Waals surface area contributed by atoms with Crippen LogP contribution in [0.15, 0.2) is 18.2 Å². The molecule has 1 heterocycles. The summed E-state index contributed by atoms with van der Waals surface area (Å²) in [7, 11) is 4.17. The largest absolute Gasteiger partial charge is 0.336 e. The van der Waals surface area contributed by atoms with Gasteiger partial charge in [-0.25, -0.2) is 0 Å². The van der Waals surface area contributed by atoms with Crippen molar-refractivity contribution in [3.05, 3.63) is 32.4 Å². The number of hydrogen-bond donors (Lipinski definition) is 0. The summed E-state index contributed by atoms with van der Waals surface area (Å²) in [4.78, 5) is 19.0. The van der Waals surface area contributed by atoms with Gasteiger partial charge in [-0.2, -0.15) is 0 Å². The first kappa shape index (κ1) is 17.0. The fraction of sp³-hybridized carbons (Fsp3) is 0.533. The minimum absolute atomic E-state index is 0.0839. The first-order valence-electron chi connectivity index (χ1n) is 7.09. The Hall–Kier alpha value is -0.370.